The fourth-order valence-corrected chi connectivity index (χ4v) is 0. The van der Waals surface area contributed by atoms with Gasteiger partial charge in [-0.05, 0) is 6.54 Å². The summed E-state index contributed by atoms with van der Waals surface area (Å²) in [5.41, 5.74) is 4.86. The van der Waals surface area contributed by atoms with Gasteiger partial charge in [-0.3, -0.25) is 0 Å². The minimum absolute atomic E-state index is 0. The molecule has 0 aliphatic rings. The Morgan fingerprint density at radius 2 is 2.00 bits per heavy atom. The van der Waals surface area contributed by atoms with E-state index in [0.29, 0.717) is 0 Å². The smallest absolute Gasteiger partial charge is 0.851 e. The summed E-state index contributed by atoms with van der Waals surface area (Å²) < 4.78 is 0. The second-order valence-electron chi connectivity index (χ2n) is 1.05. The van der Waals surface area contributed by atoms with Gasteiger partial charge in [-0.1, -0.05) is 6.92 Å². The molecule has 0 radical (unpaired) electrons. The van der Waals surface area contributed by atoms with Crippen LogP contribution in [-0.2, 0) is 0 Å². The number of hydrogen-bond donors (Lipinski definition) is 1. The summed E-state index contributed by atoms with van der Waals surface area (Å²) in [6.07, 6.45) is -0.588. The van der Waals surface area contributed by atoms with Crippen LogP contribution in [0.2, 0.25) is 0 Å². The molecule has 0 aromatic carbocycles. The Hall–Kier alpha value is 1.97. The van der Waals surface area contributed by atoms with Gasteiger partial charge in [0, 0.05) is 0 Å². The molecule has 0 heterocycles. The fourth-order valence-electron chi connectivity index (χ4n) is 0. The molecule has 0 rings (SSSR count). The van der Waals surface area contributed by atoms with Gasteiger partial charge >= 0.3 is 68.9 Å². The molecule has 0 fully saturated rings. The second kappa shape index (κ2) is 6.97. The maximum atomic E-state index is 9.77. The molecule has 2 N–H and O–H groups in total. The molecule has 0 saturated carbocycles. The van der Waals surface area contributed by atoms with E-state index in [1.54, 1.807) is 6.92 Å². The van der Waals surface area contributed by atoms with E-state index in [1.807, 2.05) is 0 Å². The zero-order valence-electron chi connectivity index (χ0n) is 4.27. The third kappa shape index (κ3) is 9.36. The van der Waals surface area contributed by atoms with Crippen LogP contribution in [0.3, 0.4) is 0 Å². The number of hydrogen-bond acceptors (Lipinski definition) is 2. The molecule has 0 amide bonds. The Morgan fingerprint density at radius 1 is 1.83 bits per heavy atom. The molecular weight excluding hydrogens is 199 g/mol. The van der Waals surface area contributed by atoms with Crippen LogP contribution in [0, 0.1) is 0 Å². The van der Waals surface area contributed by atoms with Gasteiger partial charge in [0.05, 0.1) is 0 Å². The summed E-state index contributed by atoms with van der Waals surface area (Å²) >= 11 is 0. The van der Waals surface area contributed by atoms with Crippen molar-refractivity contribution >= 4 is 0 Å². The van der Waals surface area contributed by atoms with Crippen molar-refractivity contribution in [2.45, 2.75) is 13.0 Å². The molecule has 0 bridgehead atoms. The van der Waals surface area contributed by atoms with E-state index in [0.717, 1.165) is 0 Å². The molecule has 0 aromatic heterocycles. The molecule has 0 saturated heterocycles. The third-order valence-corrected chi connectivity index (χ3v) is 0.332. The van der Waals surface area contributed by atoms with Crippen LogP contribution in [0.15, 0.2) is 0 Å². The van der Waals surface area contributed by atoms with E-state index in [2.05, 4.69) is 0 Å². The van der Waals surface area contributed by atoms with E-state index < -0.39 is 6.10 Å². The minimum atomic E-state index is -0.588. The summed E-state index contributed by atoms with van der Waals surface area (Å²) in [6, 6.07) is 0. The van der Waals surface area contributed by atoms with Crippen LogP contribution in [-0.4, -0.2) is 12.6 Å². The van der Waals surface area contributed by atoms with Crippen LogP contribution in [0.25, 0.3) is 0 Å². The molecular formula is C3H8CsNO. The van der Waals surface area contributed by atoms with Crippen LogP contribution >= 0.6 is 0 Å². The Bertz CT molecular complexity index is 24.8. The first-order valence-corrected chi connectivity index (χ1v) is 1.63. The second-order valence-corrected chi connectivity index (χ2v) is 1.05. The number of rotatable bonds is 1. The van der Waals surface area contributed by atoms with Crippen LogP contribution in [0.1, 0.15) is 6.92 Å². The van der Waals surface area contributed by atoms with Gasteiger partial charge in [-0.15, -0.1) is 6.10 Å². The van der Waals surface area contributed by atoms with Gasteiger partial charge in [0.25, 0.3) is 0 Å². The van der Waals surface area contributed by atoms with Crippen molar-refractivity contribution in [2.75, 3.05) is 6.54 Å². The van der Waals surface area contributed by atoms with Crippen molar-refractivity contribution < 1.29 is 74.0 Å². The van der Waals surface area contributed by atoms with Gasteiger partial charge in [-0.2, -0.15) is 0 Å². The van der Waals surface area contributed by atoms with Crippen LogP contribution < -0.4 is 79.7 Å². The fraction of sp³-hybridized carbons (Fsp3) is 1.00. The van der Waals surface area contributed by atoms with E-state index in [1.165, 1.54) is 0 Å². The zero-order chi connectivity index (χ0) is 4.28. The maximum Gasteiger partial charge on any atom is 1.00 e. The topological polar surface area (TPSA) is 49.1 Å². The SMILES string of the molecule is C[C@@H]([O-])CN.[Cs+]. The summed E-state index contributed by atoms with van der Waals surface area (Å²) in [7, 11) is 0. The van der Waals surface area contributed by atoms with Crippen LogP contribution in [0.5, 0.6) is 0 Å². The monoisotopic (exact) mass is 207 g/mol. The quantitative estimate of drug-likeness (QED) is 0.473. The average Bonchev–Trinajstić information content (AvgIpc) is 1.38. The molecule has 0 aliphatic heterocycles. The van der Waals surface area contributed by atoms with Crippen molar-refractivity contribution in [3.63, 3.8) is 0 Å². The van der Waals surface area contributed by atoms with E-state index in [9.17, 15) is 5.11 Å². The summed E-state index contributed by atoms with van der Waals surface area (Å²) in [4.78, 5) is 0. The predicted molar refractivity (Wildman–Crippen MR) is 18.5 cm³/mol. The number of nitrogens with two attached hydrogens (primary N) is 1. The van der Waals surface area contributed by atoms with Crippen molar-refractivity contribution in [2.24, 2.45) is 5.73 Å². The Morgan fingerprint density at radius 3 is 2.00 bits per heavy atom. The first-order valence-electron chi connectivity index (χ1n) is 1.63. The van der Waals surface area contributed by atoms with E-state index >= 15 is 0 Å². The van der Waals surface area contributed by atoms with Crippen molar-refractivity contribution in [3.8, 4) is 0 Å². The Balaban J connectivity index is 0. The normalized spacial score (nSPS) is 12.5. The minimum Gasteiger partial charge on any atom is -0.851 e. The summed E-state index contributed by atoms with van der Waals surface area (Å²) in [5, 5.41) is 9.77. The van der Waals surface area contributed by atoms with Crippen molar-refractivity contribution in [1.29, 1.82) is 0 Å². The molecule has 32 valence electrons. The van der Waals surface area contributed by atoms with Crippen molar-refractivity contribution in [3.05, 3.63) is 0 Å². The van der Waals surface area contributed by atoms with Gasteiger partial charge < -0.3 is 10.8 Å². The molecule has 1 atom stereocenters. The molecule has 0 aliphatic carbocycles. The molecule has 3 heteroatoms. The summed E-state index contributed by atoms with van der Waals surface area (Å²) in [5.74, 6) is 0. The molecule has 2 nitrogen and oxygen atoms in total. The first-order chi connectivity index (χ1) is 2.27. The Labute approximate surface area is 96.9 Å². The predicted octanol–water partition coefficient (Wildman–Crippen LogP) is -4.30. The molecule has 6 heavy (non-hydrogen) atoms. The Kier molecular flexibility index (Phi) is 12.6. The average molecular weight is 207 g/mol. The van der Waals surface area contributed by atoms with Gasteiger partial charge in [0.2, 0.25) is 0 Å². The standard InChI is InChI=1S/C3H8NO.Cs/c1-3(5)2-4;/h3H,2,4H2,1H3;/q-1;+1/t3-;/m1./s1. The van der Waals surface area contributed by atoms with Gasteiger partial charge in [0.15, 0.2) is 0 Å². The van der Waals surface area contributed by atoms with Crippen LogP contribution in [0.4, 0.5) is 0 Å². The van der Waals surface area contributed by atoms with Gasteiger partial charge in [0.1, 0.15) is 0 Å². The van der Waals surface area contributed by atoms with E-state index in [-0.39, 0.29) is 75.4 Å². The maximum absolute atomic E-state index is 9.77. The molecule has 0 unspecified atom stereocenters. The van der Waals surface area contributed by atoms with Gasteiger partial charge in [-0.25, -0.2) is 0 Å². The molecule has 0 aromatic rings. The third-order valence-electron chi connectivity index (χ3n) is 0.332. The van der Waals surface area contributed by atoms with Crippen molar-refractivity contribution in [1.82, 2.24) is 0 Å². The molecule has 0 spiro atoms. The first kappa shape index (κ1) is 10.9. The summed E-state index contributed by atoms with van der Waals surface area (Å²) in [6.45, 7) is 1.79. The zero-order valence-corrected chi connectivity index (χ0v) is 10.6. The van der Waals surface area contributed by atoms with E-state index in [4.69, 9.17) is 5.73 Å². The largest absolute Gasteiger partial charge is 1.00 e.